The fraction of sp³-hybridized carbons (Fsp3) is 0.429. The van der Waals surface area contributed by atoms with Gasteiger partial charge in [-0.15, -0.1) is 0 Å². The average molecular weight is 435 g/mol. The van der Waals surface area contributed by atoms with Crippen LogP contribution in [-0.4, -0.2) is 44.3 Å². The van der Waals surface area contributed by atoms with E-state index < -0.39 is 28.5 Å². The lowest BCUT2D eigenvalue weighted by Crippen LogP contribution is -2.38. The summed E-state index contributed by atoms with van der Waals surface area (Å²) in [5.74, 6) is -0.578. The first-order valence-corrected chi connectivity index (χ1v) is 11.4. The van der Waals surface area contributed by atoms with Crippen molar-refractivity contribution < 1.29 is 27.2 Å². The summed E-state index contributed by atoms with van der Waals surface area (Å²) in [5, 5.41) is 2.57. The fourth-order valence-electron chi connectivity index (χ4n) is 3.43. The lowest BCUT2D eigenvalue weighted by Gasteiger charge is -2.30. The van der Waals surface area contributed by atoms with E-state index in [1.165, 1.54) is 34.8 Å². The number of hydrogen-bond donors (Lipinski definition) is 1. The minimum Gasteiger partial charge on any atom is -0.467 e. The van der Waals surface area contributed by atoms with Crippen LogP contribution in [0.2, 0.25) is 0 Å². The molecule has 9 heteroatoms. The largest absolute Gasteiger partial charge is 0.467 e. The first-order chi connectivity index (χ1) is 14.4. The second-order valence-corrected chi connectivity index (χ2v) is 9.27. The van der Waals surface area contributed by atoms with Crippen LogP contribution < -0.4 is 5.32 Å². The van der Waals surface area contributed by atoms with Gasteiger partial charge in [-0.3, -0.25) is 4.79 Å². The van der Waals surface area contributed by atoms with Crippen molar-refractivity contribution in [3.63, 3.8) is 0 Å². The number of furan rings is 1. The zero-order valence-corrected chi connectivity index (χ0v) is 17.7. The van der Waals surface area contributed by atoms with Crippen molar-refractivity contribution in [1.82, 2.24) is 9.62 Å². The number of rotatable bonds is 8. The summed E-state index contributed by atoms with van der Waals surface area (Å²) in [6, 6.07) is 9.00. The van der Waals surface area contributed by atoms with E-state index in [0.717, 1.165) is 32.1 Å². The number of amides is 1. The molecule has 1 aromatic heterocycles. The van der Waals surface area contributed by atoms with Crippen molar-refractivity contribution in [2.45, 2.75) is 49.6 Å². The van der Waals surface area contributed by atoms with Crippen molar-refractivity contribution in [3.05, 3.63) is 54.0 Å². The number of benzene rings is 1. The summed E-state index contributed by atoms with van der Waals surface area (Å²) in [6.07, 6.45) is 6.43. The van der Waals surface area contributed by atoms with E-state index in [0.29, 0.717) is 5.76 Å². The standard InChI is InChI=1S/C21H26N2O6S/c1-23(17-6-3-2-4-7-17)30(26,27)19-11-9-16(10-12-19)21(25)29-15-20(24)22-14-18-8-5-13-28-18/h5,8-13,17H,2-4,6-7,14-15H2,1H3,(H,22,24). The van der Waals surface area contributed by atoms with Crippen molar-refractivity contribution in [2.75, 3.05) is 13.7 Å². The molecule has 0 radical (unpaired) electrons. The highest BCUT2D eigenvalue weighted by Gasteiger charge is 2.29. The van der Waals surface area contributed by atoms with Gasteiger partial charge in [-0.1, -0.05) is 19.3 Å². The molecule has 1 aromatic carbocycles. The van der Waals surface area contributed by atoms with Crippen LogP contribution in [0.5, 0.6) is 0 Å². The van der Waals surface area contributed by atoms with Crippen molar-refractivity contribution in [3.8, 4) is 0 Å². The van der Waals surface area contributed by atoms with Gasteiger partial charge in [-0.2, -0.15) is 4.31 Å². The quantitative estimate of drug-likeness (QED) is 0.641. The van der Waals surface area contributed by atoms with Crippen molar-refractivity contribution in [2.24, 2.45) is 0 Å². The maximum atomic E-state index is 12.8. The van der Waals surface area contributed by atoms with Gasteiger partial charge in [-0.25, -0.2) is 13.2 Å². The number of nitrogens with one attached hydrogen (secondary N) is 1. The molecule has 2 aromatic rings. The molecular weight excluding hydrogens is 408 g/mol. The van der Waals surface area contributed by atoms with Gasteiger partial charge in [0, 0.05) is 13.1 Å². The average Bonchev–Trinajstić information content (AvgIpc) is 3.30. The maximum absolute atomic E-state index is 12.8. The highest BCUT2D eigenvalue weighted by atomic mass is 32.2. The molecule has 8 nitrogen and oxygen atoms in total. The van der Waals surface area contributed by atoms with E-state index in [1.807, 2.05) is 0 Å². The van der Waals surface area contributed by atoms with Crippen molar-refractivity contribution in [1.29, 1.82) is 0 Å². The summed E-state index contributed by atoms with van der Waals surface area (Å²) in [7, 11) is -2.02. The Hall–Kier alpha value is -2.65. The Morgan fingerprint density at radius 3 is 2.47 bits per heavy atom. The third-order valence-electron chi connectivity index (χ3n) is 5.23. The van der Waals surface area contributed by atoms with E-state index in [2.05, 4.69) is 5.32 Å². The molecular formula is C21H26N2O6S. The van der Waals surface area contributed by atoms with Gasteiger partial charge in [0.25, 0.3) is 5.91 Å². The van der Waals surface area contributed by atoms with E-state index in [-0.39, 0.29) is 23.0 Å². The number of nitrogens with zero attached hydrogens (tertiary/aromatic N) is 1. The number of sulfonamides is 1. The predicted molar refractivity (Wildman–Crippen MR) is 109 cm³/mol. The monoisotopic (exact) mass is 434 g/mol. The number of esters is 1. The Bertz CT molecular complexity index is 948. The van der Waals surface area contributed by atoms with E-state index in [9.17, 15) is 18.0 Å². The van der Waals surface area contributed by atoms with E-state index in [4.69, 9.17) is 9.15 Å². The van der Waals surface area contributed by atoms with Gasteiger partial charge in [0.05, 0.1) is 23.3 Å². The minimum atomic E-state index is -3.63. The summed E-state index contributed by atoms with van der Waals surface area (Å²) < 4.78 is 37.2. The Balaban J connectivity index is 1.53. The molecule has 0 spiro atoms. The van der Waals surface area contributed by atoms with Gasteiger partial charge < -0.3 is 14.5 Å². The summed E-state index contributed by atoms with van der Waals surface area (Å²) in [4.78, 5) is 24.0. The van der Waals surface area contributed by atoms with Gasteiger partial charge in [0.15, 0.2) is 6.61 Å². The van der Waals surface area contributed by atoms with Gasteiger partial charge in [0.2, 0.25) is 10.0 Å². The highest BCUT2D eigenvalue weighted by molar-refractivity contribution is 7.89. The van der Waals surface area contributed by atoms with Crippen LogP contribution in [0.3, 0.4) is 0 Å². The van der Waals surface area contributed by atoms with Gasteiger partial charge in [0.1, 0.15) is 5.76 Å². The van der Waals surface area contributed by atoms with Gasteiger partial charge in [-0.05, 0) is 49.2 Å². The van der Waals surface area contributed by atoms with Crippen LogP contribution in [-0.2, 0) is 26.1 Å². The molecule has 3 rings (SSSR count). The molecule has 1 aliphatic rings. The molecule has 1 N–H and O–H groups in total. The Labute approximate surface area is 176 Å². The number of hydrogen-bond acceptors (Lipinski definition) is 6. The topological polar surface area (TPSA) is 106 Å². The second kappa shape index (κ2) is 9.90. The molecule has 0 atom stereocenters. The first-order valence-electron chi connectivity index (χ1n) is 9.92. The molecule has 0 bridgehead atoms. The third kappa shape index (κ3) is 5.48. The summed E-state index contributed by atoms with van der Waals surface area (Å²) in [6.45, 7) is -0.242. The van der Waals surface area contributed by atoms with E-state index >= 15 is 0 Å². The van der Waals surface area contributed by atoms with Crippen molar-refractivity contribution >= 4 is 21.9 Å². The normalized spacial score (nSPS) is 15.1. The molecule has 30 heavy (non-hydrogen) atoms. The van der Waals surface area contributed by atoms with Crippen LogP contribution in [0.1, 0.15) is 48.2 Å². The Morgan fingerprint density at radius 1 is 1.13 bits per heavy atom. The van der Waals surface area contributed by atoms with Crippen LogP contribution in [0.25, 0.3) is 0 Å². The maximum Gasteiger partial charge on any atom is 0.338 e. The fourth-order valence-corrected chi connectivity index (χ4v) is 4.85. The number of carbonyl (C=O) groups excluding carboxylic acids is 2. The molecule has 1 saturated carbocycles. The summed E-state index contributed by atoms with van der Waals surface area (Å²) in [5.41, 5.74) is 0.174. The highest BCUT2D eigenvalue weighted by Crippen LogP contribution is 2.26. The molecule has 1 amide bonds. The molecule has 1 aliphatic carbocycles. The molecule has 0 unspecified atom stereocenters. The lowest BCUT2D eigenvalue weighted by molar-refractivity contribution is -0.124. The summed E-state index contributed by atoms with van der Waals surface area (Å²) >= 11 is 0. The molecule has 162 valence electrons. The van der Waals surface area contributed by atoms with Crippen LogP contribution in [0.4, 0.5) is 0 Å². The van der Waals surface area contributed by atoms with E-state index in [1.54, 1.807) is 19.2 Å². The van der Waals surface area contributed by atoms with Crippen LogP contribution in [0, 0.1) is 0 Å². The Kier molecular flexibility index (Phi) is 7.28. The smallest absolute Gasteiger partial charge is 0.338 e. The predicted octanol–water partition coefficient (Wildman–Crippen LogP) is 2.71. The number of carbonyl (C=O) groups is 2. The molecule has 0 aliphatic heterocycles. The first kappa shape index (κ1) is 22.0. The van der Waals surface area contributed by atoms with Gasteiger partial charge >= 0.3 is 5.97 Å². The zero-order valence-electron chi connectivity index (χ0n) is 16.9. The molecule has 0 saturated heterocycles. The van der Waals surface area contributed by atoms with Crippen LogP contribution in [0.15, 0.2) is 52.0 Å². The number of ether oxygens (including phenoxy) is 1. The third-order valence-corrected chi connectivity index (χ3v) is 7.15. The second-order valence-electron chi connectivity index (χ2n) is 7.27. The molecule has 1 fully saturated rings. The molecule has 1 heterocycles. The Morgan fingerprint density at radius 2 is 1.83 bits per heavy atom. The minimum absolute atomic E-state index is 0.00748. The zero-order chi connectivity index (χ0) is 21.6. The lowest BCUT2D eigenvalue weighted by atomic mass is 9.96. The SMILES string of the molecule is CN(C1CCCCC1)S(=O)(=O)c1ccc(C(=O)OCC(=O)NCc2ccco2)cc1. The van der Waals surface area contributed by atoms with Crippen LogP contribution >= 0.6 is 0 Å².